The summed E-state index contributed by atoms with van der Waals surface area (Å²) in [5, 5.41) is 35.0. The lowest BCUT2D eigenvalue weighted by molar-refractivity contribution is 0.317. The van der Waals surface area contributed by atoms with Crippen molar-refractivity contribution < 1.29 is 14.6 Å². The summed E-state index contributed by atoms with van der Waals surface area (Å²) in [7, 11) is 0. The summed E-state index contributed by atoms with van der Waals surface area (Å²) in [6.45, 7) is 8.37. The number of ether oxygens (including phenoxy) is 2. The number of H-pyrrole nitrogens is 1. The number of aromatic hydroxyl groups is 1. The van der Waals surface area contributed by atoms with E-state index in [4.69, 9.17) is 14.9 Å². The number of hydrogen-bond donors (Lipinski definition) is 3. The van der Waals surface area contributed by atoms with Crippen molar-refractivity contribution in [2.45, 2.75) is 39.0 Å². The molecule has 0 bridgehead atoms. The second-order valence-corrected chi connectivity index (χ2v) is 7.28. The van der Waals surface area contributed by atoms with Crippen LogP contribution in [0.3, 0.4) is 0 Å². The summed E-state index contributed by atoms with van der Waals surface area (Å²) in [4.78, 5) is 0. The largest absolute Gasteiger partial charge is 0.504 e. The zero-order valence-corrected chi connectivity index (χ0v) is 15.3. The fourth-order valence-electron chi connectivity index (χ4n) is 3.25. The van der Waals surface area contributed by atoms with Gasteiger partial charge in [0.2, 0.25) is 11.8 Å². The van der Waals surface area contributed by atoms with Crippen LogP contribution >= 0.6 is 0 Å². The number of aromatic amines is 1. The smallest absolute Gasteiger partial charge is 0.243 e. The van der Waals surface area contributed by atoms with Crippen LogP contribution in [0.1, 0.15) is 50.4 Å². The first-order valence-electron chi connectivity index (χ1n) is 8.48. The van der Waals surface area contributed by atoms with Gasteiger partial charge in [0, 0.05) is 22.6 Å². The van der Waals surface area contributed by atoms with Gasteiger partial charge in [-0.3, -0.25) is 10.5 Å². The van der Waals surface area contributed by atoms with Crippen molar-refractivity contribution in [3.63, 3.8) is 0 Å². The molecule has 0 aliphatic carbocycles. The van der Waals surface area contributed by atoms with E-state index in [0.29, 0.717) is 18.2 Å². The Labute approximate surface area is 152 Å². The molecule has 2 atom stereocenters. The minimum absolute atomic E-state index is 0.0368. The van der Waals surface area contributed by atoms with Gasteiger partial charge in [0.1, 0.15) is 5.92 Å². The molecule has 2 aromatic rings. The number of rotatable bonds is 3. The van der Waals surface area contributed by atoms with Gasteiger partial charge in [-0.05, 0) is 24.6 Å². The minimum atomic E-state index is -0.791. The predicted octanol–water partition coefficient (Wildman–Crippen LogP) is 3.45. The van der Waals surface area contributed by atoms with Crippen LogP contribution in [-0.4, -0.2) is 27.8 Å². The number of nitrogens with zero attached hydrogens (tertiary/aromatic N) is 2. The third-order valence-corrected chi connectivity index (χ3v) is 4.43. The van der Waals surface area contributed by atoms with E-state index in [1.54, 1.807) is 18.2 Å². The molecule has 1 aromatic heterocycles. The predicted molar refractivity (Wildman–Crippen MR) is 95.9 cm³/mol. The van der Waals surface area contributed by atoms with Gasteiger partial charge in [-0.25, -0.2) is 0 Å². The molecule has 26 heavy (non-hydrogen) atoms. The molecule has 0 fully saturated rings. The number of aromatic nitrogens is 2. The molecule has 3 N–H and O–H groups in total. The van der Waals surface area contributed by atoms with Crippen molar-refractivity contribution in [1.29, 1.82) is 10.7 Å². The topological polar surface area (TPSA) is 115 Å². The average Bonchev–Trinajstić information content (AvgIpc) is 2.99. The van der Waals surface area contributed by atoms with Gasteiger partial charge < -0.3 is 14.6 Å². The van der Waals surface area contributed by atoms with E-state index < -0.39 is 11.8 Å². The van der Waals surface area contributed by atoms with Crippen LogP contribution in [-0.2, 0) is 5.41 Å². The van der Waals surface area contributed by atoms with Gasteiger partial charge in [0.15, 0.2) is 11.5 Å². The second-order valence-electron chi connectivity index (χ2n) is 7.28. The Hall–Kier alpha value is -3.01. The van der Waals surface area contributed by atoms with Gasteiger partial charge in [-0.1, -0.05) is 26.8 Å². The highest BCUT2D eigenvalue weighted by molar-refractivity contribution is 5.85. The molecular formula is C19H22N4O3. The van der Waals surface area contributed by atoms with E-state index in [9.17, 15) is 10.4 Å². The van der Waals surface area contributed by atoms with Crippen LogP contribution < -0.4 is 9.47 Å². The average molecular weight is 354 g/mol. The molecule has 2 unspecified atom stereocenters. The van der Waals surface area contributed by atoms with Crippen molar-refractivity contribution in [3.8, 4) is 23.4 Å². The van der Waals surface area contributed by atoms with Gasteiger partial charge in [0.25, 0.3) is 0 Å². The van der Waals surface area contributed by atoms with Crippen molar-refractivity contribution in [2.24, 2.45) is 5.92 Å². The normalized spacial score (nSPS) is 19.4. The molecule has 3 rings (SSSR count). The molecule has 0 saturated carbocycles. The molecule has 0 spiro atoms. The van der Waals surface area contributed by atoms with Gasteiger partial charge in [0.05, 0.1) is 12.7 Å². The molecule has 7 heteroatoms. The first-order valence-corrected chi connectivity index (χ1v) is 8.48. The van der Waals surface area contributed by atoms with E-state index in [2.05, 4.69) is 16.3 Å². The lowest BCUT2D eigenvalue weighted by Gasteiger charge is -2.30. The van der Waals surface area contributed by atoms with E-state index in [0.717, 1.165) is 16.8 Å². The molecule has 1 aromatic carbocycles. The molecule has 136 valence electrons. The fraction of sp³-hybridized carbons (Fsp3) is 0.421. The number of nitrogens with one attached hydrogen (secondary N) is 2. The first kappa shape index (κ1) is 17.8. The highest BCUT2D eigenvalue weighted by Gasteiger charge is 2.42. The standard InChI is InChI=1S/C19H22N4O3/c1-5-25-13-8-10(6-7-12(13)24)14-11(9-20)17(21)26-18-15(14)16(22-23-18)19(2,3)4/h6-8,11,14,21,24H,5H2,1-4H3,(H,22,23). The Morgan fingerprint density at radius 3 is 2.77 bits per heavy atom. The van der Waals surface area contributed by atoms with E-state index in [1.165, 1.54) is 0 Å². The van der Waals surface area contributed by atoms with Gasteiger partial charge in [-0.15, -0.1) is 5.10 Å². The maximum absolute atomic E-state index is 10.0. The van der Waals surface area contributed by atoms with Gasteiger partial charge >= 0.3 is 0 Å². The number of benzene rings is 1. The summed E-state index contributed by atoms with van der Waals surface area (Å²) in [6, 6.07) is 7.19. The van der Waals surface area contributed by atoms with Crippen LogP contribution in [0.25, 0.3) is 0 Å². The number of nitriles is 1. The zero-order valence-electron chi connectivity index (χ0n) is 15.3. The Morgan fingerprint density at radius 1 is 1.42 bits per heavy atom. The fourth-order valence-corrected chi connectivity index (χ4v) is 3.25. The van der Waals surface area contributed by atoms with Crippen LogP contribution in [0, 0.1) is 22.7 Å². The monoisotopic (exact) mass is 354 g/mol. The van der Waals surface area contributed by atoms with E-state index >= 15 is 0 Å². The van der Waals surface area contributed by atoms with Gasteiger partial charge in [-0.2, -0.15) is 5.26 Å². The summed E-state index contributed by atoms with van der Waals surface area (Å²) < 4.78 is 11.0. The summed E-state index contributed by atoms with van der Waals surface area (Å²) in [5.41, 5.74) is 2.14. The zero-order chi connectivity index (χ0) is 19.1. The third-order valence-electron chi connectivity index (χ3n) is 4.43. The highest BCUT2D eigenvalue weighted by atomic mass is 16.5. The minimum Gasteiger partial charge on any atom is -0.504 e. The molecule has 0 saturated heterocycles. The lowest BCUT2D eigenvalue weighted by Crippen LogP contribution is -2.32. The number of fused-ring (bicyclic) bond motifs is 1. The second kappa shape index (κ2) is 6.37. The Balaban J connectivity index is 2.22. The van der Waals surface area contributed by atoms with E-state index in [-0.39, 0.29) is 17.1 Å². The number of hydrogen-bond acceptors (Lipinski definition) is 6. The molecule has 0 amide bonds. The van der Waals surface area contributed by atoms with Crippen molar-refractivity contribution in [2.75, 3.05) is 6.61 Å². The molecule has 2 heterocycles. The van der Waals surface area contributed by atoms with Crippen molar-refractivity contribution in [1.82, 2.24) is 10.2 Å². The van der Waals surface area contributed by atoms with Crippen LogP contribution in [0.2, 0.25) is 0 Å². The van der Waals surface area contributed by atoms with Crippen LogP contribution in [0.5, 0.6) is 17.4 Å². The SMILES string of the molecule is CCOc1cc(C2c3c(n[nH]c3C(C)(C)C)OC(=N)C2C#N)ccc1O. The maximum Gasteiger partial charge on any atom is 0.243 e. The molecule has 7 nitrogen and oxygen atoms in total. The maximum atomic E-state index is 10.0. The Bertz CT molecular complexity index is 889. The first-order chi connectivity index (χ1) is 12.3. The Morgan fingerprint density at radius 2 is 2.15 bits per heavy atom. The molecule has 1 aliphatic rings. The lowest BCUT2D eigenvalue weighted by atomic mass is 9.76. The third kappa shape index (κ3) is 2.88. The highest BCUT2D eigenvalue weighted by Crippen LogP contribution is 2.46. The number of phenols is 1. The van der Waals surface area contributed by atoms with Crippen LogP contribution in [0.15, 0.2) is 18.2 Å². The molecular weight excluding hydrogens is 332 g/mol. The van der Waals surface area contributed by atoms with Crippen LogP contribution in [0.4, 0.5) is 0 Å². The summed E-state index contributed by atoms with van der Waals surface area (Å²) in [6.07, 6.45) is 0. The summed E-state index contributed by atoms with van der Waals surface area (Å²) in [5.74, 6) is -0.661. The summed E-state index contributed by atoms with van der Waals surface area (Å²) >= 11 is 0. The van der Waals surface area contributed by atoms with E-state index in [1.807, 2.05) is 27.7 Å². The Kier molecular flexibility index (Phi) is 4.36. The molecule has 0 radical (unpaired) electrons. The molecule has 1 aliphatic heterocycles. The van der Waals surface area contributed by atoms with Crippen molar-refractivity contribution in [3.05, 3.63) is 35.0 Å². The van der Waals surface area contributed by atoms with Crippen molar-refractivity contribution >= 4 is 5.90 Å². The number of phenolic OH excluding ortho intramolecular Hbond substituents is 1. The quantitative estimate of drug-likeness (QED) is 0.781.